The molecule has 0 spiro atoms. The van der Waals surface area contributed by atoms with Crippen LogP contribution >= 0.6 is 0 Å². The second-order valence-electron chi connectivity index (χ2n) is 14.1. The Labute approximate surface area is 296 Å². The minimum Gasteiger partial charge on any atom is -0.309 e. The van der Waals surface area contributed by atoms with Gasteiger partial charge in [0.15, 0.2) is 0 Å². The number of aromatic nitrogens is 4. The lowest BCUT2D eigenvalue weighted by molar-refractivity contribution is 1.17. The van der Waals surface area contributed by atoms with Crippen LogP contribution in [0.5, 0.6) is 0 Å². The molecule has 0 bridgehead atoms. The number of hydrogen-bond acceptors (Lipinski definition) is 0. The van der Waals surface area contributed by atoms with Gasteiger partial charge in [-0.15, -0.1) is 0 Å². The molecular weight excluding hydrogens is 633 g/mol. The lowest BCUT2D eigenvalue weighted by Crippen LogP contribution is -1.97. The summed E-state index contributed by atoms with van der Waals surface area (Å²) in [5, 5.41) is 10.2. The Kier molecular flexibility index (Phi) is 4.83. The maximum Gasteiger partial charge on any atom is 0.0783 e. The molecule has 4 nitrogen and oxygen atoms in total. The lowest BCUT2D eigenvalue weighted by Gasteiger charge is -2.11. The van der Waals surface area contributed by atoms with Crippen molar-refractivity contribution in [1.29, 1.82) is 0 Å². The lowest BCUT2D eigenvalue weighted by atomic mass is 10.1. The number of fused-ring (bicyclic) bond motifs is 15. The molecule has 0 saturated heterocycles. The molecule has 0 fully saturated rings. The summed E-state index contributed by atoms with van der Waals surface area (Å²) in [6, 6.07) is 62.6. The molecule has 13 rings (SSSR count). The molecule has 0 radical (unpaired) electrons. The van der Waals surface area contributed by atoms with E-state index in [4.69, 9.17) is 0 Å². The smallest absolute Gasteiger partial charge is 0.0783 e. The number of hydrogen-bond donors (Lipinski definition) is 0. The molecule has 0 atom stereocenters. The van der Waals surface area contributed by atoms with Crippen LogP contribution in [0.4, 0.5) is 0 Å². The molecular formula is C48H28N4. The van der Waals surface area contributed by atoms with Gasteiger partial charge in [0.05, 0.1) is 55.2 Å². The van der Waals surface area contributed by atoms with Crippen molar-refractivity contribution in [2.24, 2.45) is 0 Å². The fraction of sp³-hybridized carbons (Fsp3) is 0. The topological polar surface area (TPSA) is 18.7 Å². The SMILES string of the molecule is c1ccc(-n2c3ccccc3c3c2ccc2c4ccccc4n(-c4ccc5c(c4)c4cccc6c4n5c4cccc5c7ccccc7n6c54)c23)cc1. The molecule has 8 aromatic carbocycles. The van der Waals surface area contributed by atoms with Crippen molar-refractivity contribution < 1.29 is 0 Å². The van der Waals surface area contributed by atoms with E-state index in [-0.39, 0.29) is 0 Å². The number of nitrogens with zero attached hydrogens (tertiary/aromatic N) is 4. The summed E-state index contributed by atoms with van der Waals surface area (Å²) in [7, 11) is 0. The Morgan fingerprint density at radius 2 is 0.750 bits per heavy atom. The molecule has 240 valence electrons. The van der Waals surface area contributed by atoms with Gasteiger partial charge >= 0.3 is 0 Å². The number of rotatable bonds is 2. The van der Waals surface area contributed by atoms with Crippen LogP contribution in [-0.2, 0) is 0 Å². The molecule has 0 saturated carbocycles. The highest BCUT2D eigenvalue weighted by molar-refractivity contribution is 6.27. The highest BCUT2D eigenvalue weighted by Gasteiger charge is 2.23. The third kappa shape index (κ3) is 3.11. The Morgan fingerprint density at radius 3 is 1.48 bits per heavy atom. The van der Waals surface area contributed by atoms with Crippen molar-refractivity contribution in [2.75, 3.05) is 0 Å². The summed E-state index contributed by atoms with van der Waals surface area (Å²) in [6.07, 6.45) is 0. The van der Waals surface area contributed by atoms with Crippen molar-refractivity contribution in [1.82, 2.24) is 17.9 Å². The van der Waals surface area contributed by atoms with Gasteiger partial charge in [0.2, 0.25) is 0 Å². The number of para-hydroxylation sites is 6. The first kappa shape index (κ1) is 26.8. The quantitative estimate of drug-likeness (QED) is 0.164. The first-order valence-electron chi connectivity index (χ1n) is 18.0. The van der Waals surface area contributed by atoms with Gasteiger partial charge in [-0.3, -0.25) is 0 Å². The van der Waals surface area contributed by atoms with E-state index in [1.807, 2.05) is 0 Å². The van der Waals surface area contributed by atoms with Gasteiger partial charge in [0, 0.05) is 54.5 Å². The second kappa shape index (κ2) is 9.39. The molecule has 0 aliphatic carbocycles. The van der Waals surface area contributed by atoms with E-state index in [0.29, 0.717) is 0 Å². The standard InChI is InChI=1S/C48H28N4/c1-2-12-29(13-3-1)49-40-21-9-6-16-36(40)45-42(49)27-25-35-32-15-4-7-19-38(32)50(48(35)45)30-24-26-41-37(28-30)34-18-11-23-44-47(34)52(41)43-22-10-17-33-31-14-5-8-20-39(31)51(44)46(33)43/h1-28H. The summed E-state index contributed by atoms with van der Waals surface area (Å²) >= 11 is 0. The van der Waals surface area contributed by atoms with Crippen molar-refractivity contribution in [3.63, 3.8) is 0 Å². The van der Waals surface area contributed by atoms with Gasteiger partial charge in [-0.05, 0) is 66.7 Å². The summed E-state index contributed by atoms with van der Waals surface area (Å²) in [6.45, 7) is 0. The van der Waals surface area contributed by atoms with E-state index in [2.05, 4.69) is 188 Å². The average Bonchev–Trinajstić information content (AvgIpc) is 3.93. The Morgan fingerprint density at radius 1 is 0.250 bits per heavy atom. The van der Waals surface area contributed by atoms with E-state index >= 15 is 0 Å². The van der Waals surface area contributed by atoms with E-state index in [1.54, 1.807) is 0 Å². The second-order valence-corrected chi connectivity index (χ2v) is 14.1. The van der Waals surface area contributed by atoms with Crippen molar-refractivity contribution in [3.8, 4) is 11.4 Å². The van der Waals surface area contributed by atoms with Crippen LogP contribution in [0.15, 0.2) is 170 Å². The predicted octanol–water partition coefficient (Wildman–Crippen LogP) is 12.4. The highest BCUT2D eigenvalue weighted by Crippen LogP contribution is 2.44. The Hall–Kier alpha value is -7.04. The summed E-state index contributed by atoms with van der Waals surface area (Å²) in [4.78, 5) is 0. The number of benzene rings is 8. The average molecular weight is 661 g/mol. The molecule has 0 N–H and O–H groups in total. The summed E-state index contributed by atoms with van der Waals surface area (Å²) in [5.74, 6) is 0. The molecule has 4 heteroatoms. The van der Waals surface area contributed by atoms with Crippen LogP contribution in [0.2, 0.25) is 0 Å². The van der Waals surface area contributed by atoms with E-state index in [0.717, 1.165) is 5.69 Å². The van der Waals surface area contributed by atoms with E-state index in [1.165, 1.54) is 104 Å². The molecule has 0 amide bonds. The molecule has 0 aliphatic rings. The van der Waals surface area contributed by atoms with Crippen LogP contribution in [0.25, 0.3) is 110 Å². The van der Waals surface area contributed by atoms with Gasteiger partial charge in [-0.25, -0.2) is 0 Å². The van der Waals surface area contributed by atoms with Crippen LogP contribution < -0.4 is 0 Å². The molecule has 0 unspecified atom stereocenters. The first-order chi connectivity index (χ1) is 25.8. The molecule has 13 aromatic rings. The van der Waals surface area contributed by atoms with Crippen LogP contribution in [0, 0.1) is 0 Å². The van der Waals surface area contributed by atoms with Crippen LogP contribution in [-0.4, -0.2) is 17.9 Å². The van der Waals surface area contributed by atoms with Crippen molar-refractivity contribution in [2.45, 2.75) is 0 Å². The monoisotopic (exact) mass is 660 g/mol. The zero-order chi connectivity index (χ0) is 33.7. The first-order valence-corrected chi connectivity index (χ1v) is 18.0. The minimum absolute atomic E-state index is 1.16. The normalized spacial score (nSPS) is 12.6. The Balaban J connectivity index is 1.20. The van der Waals surface area contributed by atoms with E-state index < -0.39 is 0 Å². The zero-order valence-corrected chi connectivity index (χ0v) is 28.0. The van der Waals surface area contributed by atoms with Crippen molar-refractivity contribution >= 4 is 98.3 Å². The van der Waals surface area contributed by atoms with Gasteiger partial charge in [-0.2, -0.15) is 0 Å². The van der Waals surface area contributed by atoms with Crippen molar-refractivity contribution in [3.05, 3.63) is 170 Å². The molecule has 5 heterocycles. The third-order valence-corrected chi connectivity index (χ3v) is 11.6. The Bertz CT molecular complexity index is 3630. The fourth-order valence-electron chi connectivity index (χ4n) is 9.67. The van der Waals surface area contributed by atoms with Crippen LogP contribution in [0.3, 0.4) is 0 Å². The molecule has 0 aliphatic heterocycles. The minimum atomic E-state index is 1.16. The van der Waals surface area contributed by atoms with E-state index in [9.17, 15) is 0 Å². The van der Waals surface area contributed by atoms with Gasteiger partial charge < -0.3 is 17.9 Å². The molecule has 5 aromatic heterocycles. The predicted molar refractivity (Wildman–Crippen MR) is 218 cm³/mol. The summed E-state index contributed by atoms with van der Waals surface area (Å²) < 4.78 is 9.91. The molecule has 52 heavy (non-hydrogen) atoms. The summed E-state index contributed by atoms with van der Waals surface area (Å²) in [5.41, 5.74) is 14.7. The maximum absolute atomic E-state index is 2.51. The third-order valence-electron chi connectivity index (χ3n) is 11.6. The largest absolute Gasteiger partial charge is 0.309 e. The zero-order valence-electron chi connectivity index (χ0n) is 28.0. The van der Waals surface area contributed by atoms with Gasteiger partial charge in [0.1, 0.15) is 0 Å². The van der Waals surface area contributed by atoms with Gasteiger partial charge in [-0.1, -0.05) is 103 Å². The van der Waals surface area contributed by atoms with Crippen LogP contribution in [0.1, 0.15) is 0 Å². The maximum atomic E-state index is 2.51. The highest BCUT2D eigenvalue weighted by atomic mass is 15.0. The van der Waals surface area contributed by atoms with Gasteiger partial charge in [0.25, 0.3) is 0 Å². The fourth-order valence-corrected chi connectivity index (χ4v) is 9.67.